The molecule has 1 heterocycles. The van der Waals surface area contributed by atoms with Gasteiger partial charge in [-0.3, -0.25) is 5.10 Å². The Labute approximate surface area is 186 Å². The third-order valence-corrected chi connectivity index (χ3v) is 5.22. The molecule has 31 heavy (non-hydrogen) atoms. The van der Waals surface area contributed by atoms with Crippen molar-refractivity contribution in [2.24, 2.45) is 5.10 Å². The molecule has 0 unspecified atom stereocenters. The molecule has 0 aliphatic carbocycles. The Bertz CT molecular complexity index is 1090. The SMILES string of the molecule is CCOc1cc(/C=N\n2c(C(CC)CC)n[nH]c2=S)ccc1OCc1ccccc1F. The second-order valence-electron chi connectivity index (χ2n) is 6.98. The largest absolute Gasteiger partial charge is 0.490 e. The highest BCUT2D eigenvalue weighted by atomic mass is 32.1. The van der Waals surface area contributed by atoms with Crippen LogP contribution in [0.1, 0.15) is 56.5 Å². The quantitative estimate of drug-likeness (QED) is 0.316. The second kappa shape index (κ2) is 10.9. The van der Waals surface area contributed by atoms with Gasteiger partial charge in [-0.15, -0.1) is 0 Å². The fourth-order valence-electron chi connectivity index (χ4n) is 3.22. The van der Waals surface area contributed by atoms with Crippen molar-refractivity contribution in [3.63, 3.8) is 0 Å². The van der Waals surface area contributed by atoms with Crippen molar-refractivity contribution in [2.45, 2.75) is 46.1 Å². The Hall–Kier alpha value is -3.00. The van der Waals surface area contributed by atoms with Crippen molar-refractivity contribution in [2.75, 3.05) is 6.61 Å². The first kappa shape index (κ1) is 22.7. The molecule has 1 N–H and O–H groups in total. The van der Waals surface area contributed by atoms with Gasteiger partial charge < -0.3 is 9.47 Å². The molecular formula is C23H27FN4O2S. The lowest BCUT2D eigenvalue weighted by atomic mass is 10.0. The Morgan fingerprint density at radius 3 is 2.61 bits per heavy atom. The maximum atomic E-state index is 13.9. The van der Waals surface area contributed by atoms with E-state index in [0.29, 0.717) is 28.4 Å². The van der Waals surface area contributed by atoms with Gasteiger partial charge in [-0.05, 0) is 61.8 Å². The van der Waals surface area contributed by atoms with Crippen LogP contribution in [0.15, 0.2) is 47.6 Å². The minimum absolute atomic E-state index is 0.114. The van der Waals surface area contributed by atoms with E-state index in [1.165, 1.54) is 6.07 Å². The maximum absolute atomic E-state index is 13.9. The predicted octanol–water partition coefficient (Wildman–Crippen LogP) is 5.84. The highest BCUT2D eigenvalue weighted by Gasteiger charge is 2.15. The lowest BCUT2D eigenvalue weighted by molar-refractivity contribution is 0.266. The van der Waals surface area contributed by atoms with E-state index in [4.69, 9.17) is 21.7 Å². The van der Waals surface area contributed by atoms with Crippen LogP contribution < -0.4 is 9.47 Å². The average molecular weight is 443 g/mol. The van der Waals surface area contributed by atoms with Gasteiger partial charge in [0.15, 0.2) is 17.3 Å². The van der Waals surface area contributed by atoms with Crippen LogP contribution in [-0.4, -0.2) is 27.7 Å². The van der Waals surface area contributed by atoms with Crippen molar-refractivity contribution in [3.8, 4) is 11.5 Å². The summed E-state index contributed by atoms with van der Waals surface area (Å²) in [5.41, 5.74) is 1.30. The predicted molar refractivity (Wildman–Crippen MR) is 122 cm³/mol. The number of nitrogens with one attached hydrogen (secondary N) is 1. The molecule has 0 saturated carbocycles. The van der Waals surface area contributed by atoms with Crippen LogP contribution in [0, 0.1) is 10.6 Å². The minimum atomic E-state index is -0.297. The molecule has 3 aromatic rings. The second-order valence-corrected chi connectivity index (χ2v) is 7.36. The van der Waals surface area contributed by atoms with Crippen molar-refractivity contribution >= 4 is 18.4 Å². The number of rotatable bonds is 10. The molecule has 1 aromatic heterocycles. The van der Waals surface area contributed by atoms with Gasteiger partial charge in [0.05, 0.1) is 12.8 Å². The first-order valence-electron chi connectivity index (χ1n) is 10.4. The summed E-state index contributed by atoms with van der Waals surface area (Å²) in [7, 11) is 0. The molecule has 3 rings (SSSR count). The van der Waals surface area contributed by atoms with Crippen molar-refractivity contribution < 1.29 is 13.9 Å². The smallest absolute Gasteiger partial charge is 0.216 e. The number of halogens is 1. The number of hydrogen-bond donors (Lipinski definition) is 1. The zero-order valence-electron chi connectivity index (χ0n) is 18.0. The number of benzene rings is 2. The van der Waals surface area contributed by atoms with Crippen LogP contribution in [0.5, 0.6) is 11.5 Å². The molecule has 0 aliphatic heterocycles. The van der Waals surface area contributed by atoms with E-state index < -0.39 is 0 Å². The van der Waals surface area contributed by atoms with Gasteiger partial charge in [-0.25, -0.2) is 4.39 Å². The molecule has 0 spiro atoms. The molecule has 0 amide bonds. The summed E-state index contributed by atoms with van der Waals surface area (Å²) < 4.78 is 27.5. The summed E-state index contributed by atoms with van der Waals surface area (Å²) in [5.74, 6) is 1.91. The number of aromatic amines is 1. The monoisotopic (exact) mass is 442 g/mol. The Kier molecular flexibility index (Phi) is 7.94. The number of ether oxygens (including phenoxy) is 2. The highest BCUT2D eigenvalue weighted by Crippen LogP contribution is 2.29. The van der Waals surface area contributed by atoms with Crippen LogP contribution in [0.2, 0.25) is 0 Å². The Morgan fingerprint density at radius 1 is 1.13 bits per heavy atom. The fraction of sp³-hybridized carbons (Fsp3) is 0.348. The Morgan fingerprint density at radius 2 is 1.90 bits per heavy atom. The van der Waals surface area contributed by atoms with Crippen LogP contribution in [0.25, 0.3) is 0 Å². The van der Waals surface area contributed by atoms with Crippen molar-refractivity contribution in [1.82, 2.24) is 14.9 Å². The lowest BCUT2D eigenvalue weighted by Gasteiger charge is -2.13. The summed E-state index contributed by atoms with van der Waals surface area (Å²) >= 11 is 5.34. The summed E-state index contributed by atoms with van der Waals surface area (Å²) in [6, 6.07) is 12.0. The normalized spacial score (nSPS) is 11.4. The van der Waals surface area contributed by atoms with Gasteiger partial charge in [0.25, 0.3) is 0 Å². The van der Waals surface area contributed by atoms with Gasteiger partial charge >= 0.3 is 0 Å². The van der Waals surface area contributed by atoms with E-state index in [9.17, 15) is 4.39 Å². The van der Waals surface area contributed by atoms with Gasteiger partial charge in [0.2, 0.25) is 4.77 Å². The zero-order valence-corrected chi connectivity index (χ0v) is 18.8. The fourth-order valence-corrected chi connectivity index (χ4v) is 3.41. The molecule has 0 saturated heterocycles. The number of hydrogen-bond acceptors (Lipinski definition) is 5. The summed E-state index contributed by atoms with van der Waals surface area (Å²) in [5, 5.41) is 11.7. The van der Waals surface area contributed by atoms with Gasteiger partial charge in [-0.1, -0.05) is 32.0 Å². The minimum Gasteiger partial charge on any atom is -0.490 e. The van der Waals surface area contributed by atoms with E-state index in [0.717, 1.165) is 24.2 Å². The molecule has 0 bridgehead atoms. The van der Waals surface area contributed by atoms with E-state index in [1.54, 1.807) is 35.2 Å². The van der Waals surface area contributed by atoms with Gasteiger partial charge in [0.1, 0.15) is 12.4 Å². The van der Waals surface area contributed by atoms with E-state index in [-0.39, 0.29) is 18.3 Å². The lowest BCUT2D eigenvalue weighted by Crippen LogP contribution is -2.05. The van der Waals surface area contributed by atoms with Gasteiger partial charge in [0, 0.05) is 11.5 Å². The molecule has 164 valence electrons. The number of nitrogens with zero attached hydrogens (tertiary/aromatic N) is 3. The summed E-state index contributed by atoms with van der Waals surface area (Å²) in [6.45, 7) is 6.72. The topological polar surface area (TPSA) is 64.4 Å². The highest BCUT2D eigenvalue weighted by molar-refractivity contribution is 7.71. The Balaban J connectivity index is 1.82. The first-order valence-corrected chi connectivity index (χ1v) is 10.8. The third-order valence-electron chi connectivity index (χ3n) is 4.96. The van der Waals surface area contributed by atoms with Crippen LogP contribution in [-0.2, 0) is 6.61 Å². The van der Waals surface area contributed by atoms with Crippen LogP contribution >= 0.6 is 12.2 Å². The summed E-state index contributed by atoms with van der Waals surface area (Å²) in [6.07, 6.45) is 3.61. The van der Waals surface area contributed by atoms with E-state index >= 15 is 0 Å². The standard InChI is InChI=1S/C23H27FN4O2S/c1-4-17(5-2)22-26-27-23(31)28(22)25-14-16-11-12-20(21(13-16)29-6-3)30-15-18-9-7-8-10-19(18)24/h7-14,17H,4-6,15H2,1-3H3,(H,27,31)/b25-14-. The molecule has 0 fully saturated rings. The molecule has 6 nitrogen and oxygen atoms in total. The average Bonchev–Trinajstić information content (AvgIpc) is 3.14. The van der Waals surface area contributed by atoms with Gasteiger partial charge in [-0.2, -0.15) is 14.9 Å². The molecule has 8 heteroatoms. The first-order chi connectivity index (χ1) is 15.1. The van der Waals surface area contributed by atoms with E-state index in [2.05, 4.69) is 29.1 Å². The van der Waals surface area contributed by atoms with E-state index in [1.807, 2.05) is 19.1 Å². The van der Waals surface area contributed by atoms with Crippen molar-refractivity contribution in [1.29, 1.82) is 0 Å². The zero-order chi connectivity index (χ0) is 22.2. The third kappa shape index (κ3) is 5.58. The number of H-pyrrole nitrogens is 1. The number of aromatic nitrogens is 3. The van der Waals surface area contributed by atoms with Crippen LogP contribution in [0.4, 0.5) is 4.39 Å². The molecule has 2 aromatic carbocycles. The maximum Gasteiger partial charge on any atom is 0.216 e. The van der Waals surface area contributed by atoms with Crippen molar-refractivity contribution in [3.05, 3.63) is 70.0 Å². The molecule has 0 aliphatic rings. The summed E-state index contributed by atoms with van der Waals surface area (Å²) in [4.78, 5) is 0. The molecular weight excluding hydrogens is 415 g/mol. The van der Waals surface area contributed by atoms with Crippen LogP contribution in [0.3, 0.4) is 0 Å². The molecule has 0 atom stereocenters. The molecule has 0 radical (unpaired) electrons.